The van der Waals surface area contributed by atoms with Gasteiger partial charge in [0.1, 0.15) is 5.75 Å². The smallest absolute Gasteiger partial charge is 0.176 e. The third kappa shape index (κ3) is 4.07. The molecule has 0 amide bonds. The summed E-state index contributed by atoms with van der Waals surface area (Å²) in [7, 11) is 1.58. The quantitative estimate of drug-likeness (QED) is 0.557. The van der Waals surface area contributed by atoms with E-state index in [1.165, 1.54) is 11.8 Å². The van der Waals surface area contributed by atoms with Gasteiger partial charge in [-0.2, -0.15) is 0 Å². The standard InChI is InChI=1S/C19H24N2O3S/c1-13-14(2)21(11-15-7-6-10-24-15)19(20-13)25-12-17(22)16-8-4-5-9-18(16)23-3/h4-5,8-9,15H,6-7,10-12H2,1-3H3/t15-/m0/s1. The van der Waals surface area contributed by atoms with E-state index >= 15 is 0 Å². The fourth-order valence-corrected chi connectivity index (χ4v) is 4.01. The first kappa shape index (κ1) is 18.0. The first-order valence-electron chi connectivity index (χ1n) is 8.54. The number of methoxy groups -OCH3 is 1. The third-order valence-electron chi connectivity index (χ3n) is 4.57. The fraction of sp³-hybridized carbons (Fsp3) is 0.474. The van der Waals surface area contributed by atoms with Crippen LogP contribution >= 0.6 is 11.8 Å². The molecule has 1 aliphatic heterocycles. The molecule has 3 rings (SSSR count). The van der Waals surface area contributed by atoms with Gasteiger partial charge in [0.2, 0.25) is 0 Å². The molecule has 1 aromatic heterocycles. The molecule has 1 atom stereocenters. The largest absolute Gasteiger partial charge is 0.496 e. The van der Waals surface area contributed by atoms with E-state index in [2.05, 4.69) is 16.5 Å². The minimum absolute atomic E-state index is 0.0458. The number of thioether (sulfide) groups is 1. The Morgan fingerprint density at radius 2 is 2.20 bits per heavy atom. The number of Topliss-reactive ketones (excluding diaryl/α,β-unsaturated/α-hetero) is 1. The van der Waals surface area contributed by atoms with E-state index < -0.39 is 0 Å². The minimum Gasteiger partial charge on any atom is -0.496 e. The van der Waals surface area contributed by atoms with E-state index in [-0.39, 0.29) is 11.9 Å². The summed E-state index contributed by atoms with van der Waals surface area (Å²) in [4.78, 5) is 17.2. The van der Waals surface area contributed by atoms with Gasteiger partial charge in [-0.15, -0.1) is 0 Å². The van der Waals surface area contributed by atoms with Crippen LogP contribution in [0.25, 0.3) is 0 Å². The third-order valence-corrected chi connectivity index (χ3v) is 5.55. The van der Waals surface area contributed by atoms with E-state index in [0.29, 0.717) is 17.1 Å². The number of imidazole rings is 1. The van der Waals surface area contributed by atoms with Gasteiger partial charge in [0.15, 0.2) is 10.9 Å². The Balaban J connectivity index is 1.72. The van der Waals surface area contributed by atoms with Gasteiger partial charge in [0.05, 0.1) is 36.8 Å². The minimum atomic E-state index is 0.0458. The number of aryl methyl sites for hydroxylation is 1. The topological polar surface area (TPSA) is 53.3 Å². The highest BCUT2D eigenvalue weighted by Gasteiger charge is 2.21. The van der Waals surface area contributed by atoms with Crippen LogP contribution in [0.3, 0.4) is 0 Å². The van der Waals surface area contributed by atoms with Crippen molar-refractivity contribution >= 4 is 17.5 Å². The fourth-order valence-electron chi connectivity index (χ4n) is 3.02. The van der Waals surface area contributed by atoms with Crippen molar-refractivity contribution in [3.63, 3.8) is 0 Å². The summed E-state index contributed by atoms with van der Waals surface area (Å²) in [6.07, 6.45) is 2.45. The van der Waals surface area contributed by atoms with Gasteiger partial charge in [-0.25, -0.2) is 4.98 Å². The van der Waals surface area contributed by atoms with Crippen molar-refractivity contribution in [1.29, 1.82) is 0 Å². The maximum absolute atomic E-state index is 12.6. The van der Waals surface area contributed by atoms with Crippen molar-refractivity contribution < 1.29 is 14.3 Å². The van der Waals surface area contributed by atoms with Crippen molar-refractivity contribution in [2.24, 2.45) is 0 Å². The van der Waals surface area contributed by atoms with Gasteiger partial charge in [-0.3, -0.25) is 4.79 Å². The molecule has 1 saturated heterocycles. The number of aromatic nitrogens is 2. The van der Waals surface area contributed by atoms with Crippen LogP contribution in [0.2, 0.25) is 0 Å². The Kier molecular flexibility index (Phi) is 5.81. The molecule has 0 saturated carbocycles. The number of hydrogen-bond acceptors (Lipinski definition) is 5. The van der Waals surface area contributed by atoms with Gasteiger partial charge in [0.25, 0.3) is 0 Å². The van der Waals surface area contributed by atoms with Gasteiger partial charge >= 0.3 is 0 Å². The molecule has 2 heterocycles. The number of ketones is 1. The molecule has 0 N–H and O–H groups in total. The number of rotatable bonds is 7. The summed E-state index contributed by atoms with van der Waals surface area (Å²) >= 11 is 1.48. The van der Waals surface area contributed by atoms with Crippen molar-refractivity contribution in [2.75, 3.05) is 19.5 Å². The van der Waals surface area contributed by atoms with Crippen LogP contribution in [-0.2, 0) is 11.3 Å². The number of para-hydroxylation sites is 1. The average Bonchev–Trinajstić information content (AvgIpc) is 3.23. The summed E-state index contributed by atoms with van der Waals surface area (Å²) in [6, 6.07) is 7.33. The number of nitrogens with zero attached hydrogens (tertiary/aromatic N) is 2. The predicted octanol–water partition coefficient (Wildman–Crippen LogP) is 3.66. The van der Waals surface area contributed by atoms with E-state index in [0.717, 1.165) is 42.5 Å². The van der Waals surface area contributed by atoms with Crippen molar-refractivity contribution in [2.45, 2.75) is 44.5 Å². The Bertz CT molecular complexity index is 751. The molecule has 0 aliphatic carbocycles. The second kappa shape index (κ2) is 8.06. The molecule has 0 bridgehead atoms. The van der Waals surface area contributed by atoms with Crippen molar-refractivity contribution in [3.05, 3.63) is 41.2 Å². The first-order valence-corrected chi connectivity index (χ1v) is 9.53. The van der Waals surface area contributed by atoms with Crippen LogP contribution in [0.15, 0.2) is 29.4 Å². The van der Waals surface area contributed by atoms with E-state index in [1.807, 2.05) is 25.1 Å². The molecule has 25 heavy (non-hydrogen) atoms. The molecule has 0 unspecified atom stereocenters. The second-order valence-corrected chi connectivity index (χ2v) is 7.17. The summed E-state index contributed by atoms with van der Waals surface area (Å²) in [5, 5.41) is 0.883. The van der Waals surface area contributed by atoms with Gasteiger partial charge < -0.3 is 14.0 Å². The van der Waals surface area contributed by atoms with Gasteiger partial charge in [-0.05, 0) is 38.8 Å². The highest BCUT2D eigenvalue weighted by Crippen LogP contribution is 2.26. The SMILES string of the molecule is COc1ccccc1C(=O)CSc1nc(C)c(C)n1C[C@@H]1CCCO1. The maximum Gasteiger partial charge on any atom is 0.176 e. The Morgan fingerprint density at radius 3 is 2.92 bits per heavy atom. The molecule has 5 nitrogen and oxygen atoms in total. The normalized spacial score (nSPS) is 17.0. The highest BCUT2D eigenvalue weighted by atomic mass is 32.2. The monoisotopic (exact) mass is 360 g/mol. The van der Waals surface area contributed by atoms with E-state index in [9.17, 15) is 4.79 Å². The molecule has 1 aliphatic rings. The zero-order valence-corrected chi connectivity index (χ0v) is 15.8. The summed E-state index contributed by atoms with van der Waals surface area (Å²) in [6.45, 7) is 5.72. The molecular formula is C19H24N2O3S. The Labute approximate surface area is 152 Å². The maximum atomic E-state index is 12.6. The van der Waals surface area contributed by atoms with Crippen molar-refractivity contribution in [1.82, 2.24) is 9.55 Å². The van der Waals surface area contributed by atoms with Crippen LogP contribution in [0.4, 0.5) is 0 Å². The van der Waals surface area contributed by atoms with Crippen molar-refractivity contribution in [3.8, 4) is 5.75 Å². The summed E-state index contributed by atoms with van der Waals surface area (Å²) in [5.41, 5.74) is 2.76. The lowest BCUT2D eigenvalue weighted by Crippen LogP contribution is -2.17. The number of ether oxygens (including phenoxy) is 2. The van der Waals surface area contributed by atoms with Crippen LogP contribution in [0.1, 0.15) is 34.6 Å². The molecule has 1 fully saturated rings. The van der Waals surface area contributed by atoms with Gasteiger partial charge in [0, 0.05) is 12.3 Å². The lowest BCUT2D eigenvalue weighted by atomic mass is 10.1. The lowest BCUT2D eigenvalue weighted by molar-refractivity contribution is 0.0945. The zero-order chi connectivity index (χ0) is 17.8. The second-order valence-electron chi connectivity index (χ2n) is 6.22. The summed E-state index contributed by atoms with van der Waals surface area (Å²) < 4.78 is 13.2. The molecule has 134 valence electrons. The lowest BCUT2D eigenvalue weighted by Gasteiger charge is -2.14. The highest BCUT2D eigenvalue weighted by molar-refractivity contribution is 7.99. The molecule has 0 radical (unpaired) electrons. The van der Waals surface area contributed by atoms with E-state index in [1.54, 1.807) is 13.2 Å². The Morgan fingerprint density at radius 1 is 1.40 bits per heavy atom. The van der Waals surface area contributed by atoms with Crippen LogP contribution in [0, 0.1) is 13.8 Å². The molecule has 0 spiro atoms. The van der Waals surface area contributed by atoms with Crippen LogP contribution in [-0.4, -0.2) is 40.9 Å². The average molecular weight is 360 g/mol. The number of benzene rings is 1. The number of carbonyl (C=O) groups is 1. The van der Waals surface area contributed by atoms with Crippen LogP contribution in [0.5, 0.6) is 5.75 Å². The number of hydrogen-bond donors (Lipinski definition) is 0. The first-order chi connectivity index (χ1) is 12.1. The Hall–Kier alpha value is -1.79. The predicted molar refractivity (Wildman–Crippen MR) is 98.7 cm³/mol. The molecule has 1 aromatic carbocycles. The van der Waals surface area contributed by atoms with Gasteiger partial charge in [-0.1, -0.05) is 23.9 Å². The van der Waals surface area contributed by atoms with E-state index in [4.69, 9.17) is 9.47 Å². The molecule has 6 heteroatoms. The zero-order valence-electron chi connectivity index (χ0n) is 14.9. The molecule has 2 aromatic rings. The van der Waals surface area contributed by atoms with Crippen LogP contribution < -0.4 is 4.74 Å². The molecular weight excluding hydrogens is 336 g/mol. The summed E-state index contributed by atoms with van der Waals surface area (Å²) in [5.74, 6) is 0.995. The number of carbonyl (C=O) groups excluding carboxylic acids is 1.